The highest BCUT2D eigenvalue weighted by molar-refractivity contribution is 6.02. The highest BCUT2D eigenvalue weighted by Gasteiger charge is 2.70. The topological polar surface area (TPSA) is 122 Å². The number of fused-ring (bicyclic) bond motifs is 5. The molecule has 0 amide bonds. The Hall–Kier alpha value is -2.97. The molecule has 0 bridgehead atoms. The number of allylic oxidation sites excluding steroid dienone is 4. The maximum Gasteiger partial charge on any atom is 0.509 e. The number of ketones is 3. The lowest BCUT2D eigenvalue weighted by atomic mass is 9.46. The monoisotopic (exact) mass is 502 g/mol. The Morgan fingerprint density at radius 3 is 2.53 bits per heavy atom. The fraction of sp³-hybridized carbons (Fsp3) is 0.667. The third-order valence-corrected chi connectivity index (χ3v) is 9.00. The lowest BCUT2D eigenvalue weighted by molar-refractivity contribution is -0.173. The molecule has 0 aromatic rings. The molecule has 4 aliphatic carbocycles. The average Bonchev–Trinajstić information content (AvgIpc) is 3.13. The standard InChI is InChI=1S/C27H34O9/c1-5-12-34-24(32)36-27(21(30)15-35-23(31)33-4)11-9-19-18-7-6-16-13-17(28)8-10-25(16,2)22(18)20(29)14-26(19,27)3/h8,10,13,18-19,22H,5-7,9,11-12,14-15H2,1-4H3/t18-,19-,22+,25-,26-,27-/m0/s1. The molecule has 0 aliphatic heterocycles. The van der Waals surface area contributed by atoms with Crippen molar-refractivity contribution in [3.8, 4) is 0 Å². The largest absolute Gasteiger partial charge is 0.509 e. The van der Waals surface area contributed by atoms with Crippen LogP contribution >= 0.6 is 0 Å². The average molecular weight is 503 g/mol. The first-order chi connectivity index (χ1) is 17.0. The maximum atomic E-state index is 13.9. The van der Waals surface area contributed by atoms with E-state index in [1.807, 2.05) is 26.8 Å². The molecule has 0 unspecified atom stereocenters. The molecule has 0 N–H and O–H groups in total. The third kappa shape index (κ3) is 3.96. The number of ether oxygens (including phenoxy) is 4. The molecule has 0 saturated heterocycles. The first-order valence-electron chi connectivity index (χ1n) is 12.6. The molecule has 4 rings (SSSR count). The van der Waals surface area contributed by atoms with Crippen molar-refractivity contribution in [3.05, 3.63) is 23.8 Å². The second-order valence-corrected chi connectivity index (χ2v) is 10.8. The Morgan fingerprint density at radius 2 is 1.83 bits per heavy atom. The summed E-state index contributed by atoms with van der Waals surface area (Å²) >= 11 is 0. The van der Waals surface area contributed by atoms with Gasteiger partial charge in [-0.1, -0.05) is 32.4 Å². The van der Waals surface area contributed by atoms with Crippen molar-refractivity contribution >= 4 is 29.7 Å². The molecule has 0 heterocycles. The van der Waals surface area contributed by atoms with Gasteiger partial charge in [0, 0.05) is 23.2 Å². The Balaban J connectivity index is 1.70. The predicted octanol–water partition coefficient (Wildman–Crippen LogP) is 4.13. The Bertz CT molecular complexity index is 1040. The molecular formula is C27H34O9. The van der Waals surface area contributed by atoms with Crippen LogP contribution in [0.2, 0.25) is 0 Å². The summed E-state index contributed by atoms with van der Waals surface area (Å²) in [5.41, 5.74) is -2.26. The van der Waals surface area contributed by atoms with E-state index in [0.29, 0.717) is 25.7 Å². The summed E-state index contributed by atoms with van der Waals surface area (Å²) in [6.45, 7) is 5.16. The second kappa shape index (κ2) is 9.48. The van der Waals surface area contributed by atoms with Crippen LogP contribution in [0.4, 0.5) is 9.59 Å². The van der Waals surface area contributed by atoms with E-state index in [4.69, 9.17) is 14.2 Å². The summed E-state index contributed by atoms with van der Waals surface area (Å²) in [5.74, 6) is -1.16. The second-order valence-electron chi connectivity index (χ2n) is 10.8. The molecule has 9 heteroatoms. The van der Waals surface area contributed by atoms with Gasteiger partial charge in [0.05, 0.1) is 13.7 Å². The number of methoxy groups -OCH3 is 1. The fourth-order valence-corrected chi connectivity index (χ4v) is 7.36. The first-order valence-corrected chi connectivity index (χ1v) is 12.6. The lowest BCUT2D eigenvalue weighted by Gasteiger charge is -2.57. The van der Waals surface area contributed by atoms with Gasteiger partial charge in [-0.15, -0.1) is 0 Å². The lowest BCUT2D eigenvalue weighted by Crippen LogP contribution is -2.62. The van der Waals surface area contributed by atoms with Gasteiger partial charge < -0.3 is 18.9 Å². The van der Waals surface area contributed by atoms with Gasteiger partial charge in [0.25, 0.3) is 0 Å². The van der Waals surface area contributed by atoms with Gasteiger partial charge in [0.2, 0.25) is 5.78 Å². The Morgan fingerprint density at radius 1 is 1.08 bits per heavy atom. The van der Waals surface area contributed by atoms with E-state index in [9.17, 15) is 24.0 Å². The fourth-order valence-electron chi connectivity index (χ4n) is 7.36. The van der Waals surface area contributed by atoms with E-state index in [1.165, 1.54) is 6.08 Å². The minimum atomic E-state index is -1.67. The van der Waals surface area contributed by atoms with E-state index in [-0.39, 0.29) is 48.8 Å². The van der Waals surface area contributed by atoms with E-state index >= 15 is 0 Å². The maximum absolute atomic E-state index is 13.9. The molecular weight excluding hydrogens is 468 g/mol. The molecule has 196 valence electrons. The van der Waals surface area contributed by atoms with Crippen molar-refractivity contribution in [1.29, 1.82) is 0 Å². The first kappa shape index (κ1) is 26.1. The SMILES string of the molecule is CCCOC(=O)O[C@]1(C(=O)COC(=O)OC)CC[C@H]2[C@@H]3CCC4=CC(=O)C=C[C@]4(C)[C@H]3C(=O)C[C@@]21C. The molecule has 0 radical (unpaired) electrons. The van der Waals surface area contributed by atoms with Gasteiger partial charge in [-0.05, 0) is 56.1 Å². The van der Waals surface area contributed by atoms with E-state index in [0.717, 1.165) is 12.7 Å². The van der Waals surface area contributed by atoms with Gasteiger partial charge in [-0.2, -0.15) is 0 Å². The number of Topliss-reactive ketones (excluding diaryl/α,β-unsaturated/α-hetero) is 2. The summed E-state index contributed by atoms with van der Waals surface area (Å²) < 4.78 is 20.4. The normalized spacial score (nSPS) is 36.7. The number of rotatable bonds is 6. The minimum absolute atomic E-state index is 0.0223. The van der Waals surface area contributed by atoms with Crippen LogP contribution in [0.5, 0.6) is 0 Å². The van der Waals surface area contributed by atoms with Gasteiger partial charge in [0.1, 0.15) is 5.78 Å². The molecule has 4 aliphatic rings. The molecule has 3 saturated carbocycles. The number of carbonyl (C=O) groups excluding carboxylic acids is 5. The smallest absolute Gasteiger partial charge is 0.438 e. The predicted molar refractivity (Wildman–Crippen MR) is 126 cm³/mol. The number of carbonyl (C=O) groups is 5. The zero-order valence-electron chi connectivity index (χ0n) is 21.3. The van der Waals surface area contributed by atoms with E-state index in [1.54, 1.807) is 6.08 Å². The molecule has 3 fully saturated rings. The Kier molecular flexibility index (Phi) is 6.88. The van der Waals surface area contributed by atoms with Crippen molar-refractivity contribution in [3.63, 3.8) is 0 Å². The van der Waals surface area contributed by atoms with Crippen molar-refractivity contribution in [1.82, 2.24) is 0 Å². The van der Waals surface area contributed by atoms with Crippen molar-refractivity contribution < 1.29 is 42.9 Å². The molecule has 36 heavy (non-hydrogen) atoms. The highest BCUT2D eigenvalue weighted by Crippen LogP contribution is 2.67. The Labute approximate surface area is 210 Å². The number of hydrogen-bond donors (Lipinski definition) is 0. The van der Waals surface area contributed by atoms with Crippen LogP contribution in [0.1, 0.15) is 59.3 Å². The summed E-state index contributed by atoms with van der Waals surface area (Å²) in [6.07, 6.45) is 5.78. The zero-order valence-corrected chi connectivity index (χ0v) is 21.3. The van der Waals surface area contributed by atoms with E-state index in [2.05, 4.69) is 4.74 Å². The zero-order chi connectivity index (χ0) is 26.3. The summed E-state index contributed by atoms with van der Waals surface area (Å²) in [4.78, 5) is 63.7. The summed E-state index contributed by atoms with van der Waals surface area (Å²) in [6, 6.07) is 0. The van der Waals surface area contributed by atoms with Crippen LogP contribution in [0.25, 0.3) is 0 Å². The molecule has 6 atom stereocenters. The summed E-state index contributed by atoms with van der Waals surface area (Å²) in [5, 5.41) is 0. The van der Waals surface area contributed by atoms with Crippen molar-refractivity contribution in [2.24, 2.45) is 28.6 Å². The quantitative estimate of drug-likeness (QED) is 0.493. The van der Waals surface area contributed by atoms with E-state index < -0.39 is 41.1 Å². The van der Waals surface area contributed by atoms with Crippen LogP contribution in [0, 0.1) is 28.6 Å². The summed E-state index contributed by atoms with van der Waals surface area (Å²) in [7, 11) is 1.13. The van der Waals surface area contributed by atoms with Crippen LogP contribution in [-0.4, -0.2) is 55.6 Å². The number of hydrogen-bond acceptors (Lipinski definition) is 9. The molecule has 0 aromatic heterocycles. The van der Waals surface area contributed by atoms with Crippen LogP contribution in [-0.2, 0) is 33.3 Å². The molecule has 0 aromatic carbocycles. The van der Waals surface area contributed by atoms with Crippen LogP contribution in [0.3, 0.4) is 0 Å². The van der Waals surface area contributed by atoms with Gasteiger partial charge >= 0.3 is 12.3 Å². The van der Waals surface area contributed by atoms with Gasteiger partial charge in [0.15, 0.2) is 18.0 Å². The van der Waals surface area contributed by atoms with Gasteiger partial charge in [-0.25, -0.2) is 9.59 Å². The minimum Gasteiger partial charge on any atom is -0.438 e. The van der Waals surface area contributed by atoms with Crippen molar-refractivity contribution in [2.45, 2.75) is 64.9 Å². The van der Waals surface area contributed by atoms with Crippen LogP contribution in [0.15, 0.2) is 23.8 Å². The third-order valence-electron chi connectivity index (χ3n) is 9.00. The van der Waals surface area contributed by atoms with Gasteiger partial charge in [-0.3, -0.25) is 14.4 Å². The molecule has 9 nitrogen and oxygen atoms in total. The van der Waals surface area contributed by atoms with Crippen molar-refractivity contribution in [2.75, 3.05) is 20.3 Å². The molecule has 0 spiro atoms. The van der Waals surface area contributed by atoms with Crippen LogP contribution < -0.4 is 0 Å². The highest BCUT2D eigenvalue weighted by atomic mass is 16.7.